The Morgan fingerprint density at radius 1 is 1.03 bits per heavy atom. The molecule has 0 spiro atoms. The minimum atomic E-state index is -1.07. The number of benzene rings is 1. The van der Waals surface area contributed by atoms with Gasteiger partial charge in [0.1, 0.15) is 11.8 Å². The third-order valence-corrected chi connectivity index (χ3v) is 4.68. The van der Waals surface area contributed by atoms with Gasteiger partial charge in [0.25, 0.3) is 0 Å². The van der Waals surface area contributed by atoms with Crippen molar-refractivity contribution in [3.8, 4) is 5.75 Å². The number of hydrogen-bond acceptors (Lipinski definition) is 3. The van der Waals surface area contributed by atoms with Crippen LogP contribution >= 0.6 is 17.0 Å². The Balaban J connectivity index is 0.00000784. The van der Waals surface area contributed by atoms with Crippen molar-refractivity contribution < 1.29 is 19.4 Å². The fourth-order valence-electron chi connectivity index (χ4n) is 2.99. The first-order chi connectivity index (χ1) is 13.6. The number of carboxylic acids is 1. The van der Waals surface area contributed by atoms with Gasteiger partial charge in [-0.05, 0) is 30.2 Å². The Kier molecular flexibility index (Phi) is 16.0. The zero-order valence-electron chi connectivity index (χ0n) is 17.5. The van der Waals surface area contributed by atoms with Crippen LogP contribution in [0.25, 0.3) is 0 Å². The molecule has 1 atom stereocenters. The highest BCUT2D eigenvalue weighted by atomic mass is 79.9. The van der Waals surface area contributed by atoms with Gasteiger partial charge >= 0.3 is 5.97 Å². The summed E-state index contributed by atoms with van der Waals surface area (Å²) < 4.78 is 5.76. The number of amides is 1. The normalized spacial score (nSPS) is 11.2. The summed E-state index contributed by atoms with van der Waals surface area (Å²) in [5, 5.41) is 11.6. The summed E-state index contributed by atoms with van der Waals surface area (Å²) in [4.78, 5) is 22.6. The van der Waals surface area contributed by atoms with Crippen LogP contribution in [-0.4, -0.2) is 29.6 Å². The summed E-state index contributed by atoms with van der Waals surface area (Å²) in [5.41, 5.74) is 0.826. The second-order valence-corrected chi connectivity index (χ2v) is 7.13. The van der Waals surface area contributed by atoms with Crippen LogP contribution in [0.3, 0.4) is 0 Å². The molecule has 6 heteroatoms. The molecular formula is C23H36BrNO4. The highest BCUT2D eigenvalue weighted by Gasteiger charge is 2.19. The molecule has 0 fully saturated rings. The lowest BCUT2D eigenvalue weighted by molar-refractivity contribution is -0.141. The van der Waals surface area contributed by atoms with Crippen LogP contribution in [0, 0.1) is 0 Å². The molecular weight excluding hydrogens is 434 g/mol. The summed E-state index contributed by atoms with van der Waals surface area (Å²) in [5.74, 6) is -0.778. The van der Waals surface area contributed by atoms with E-state index in [4.69, 9.17) is 4.74 Å². The van der Waals surface area contributed by atoms with Gasteiger partial charge in [-0.15, -0.1) is 17.0 Å². The quantitative estimate of drug-likeness (QED) is 0.248. The van der Waals surface area contributed by atoms with Crippen LogP contribution in [0.5, 0.6) is 5.75 Å². The number of halogens is 1. The van der Waals surface area contributed by atoms with E-state index in [2.05, 4.69) is 18.8 Å². The Bertz CT molecular complexity index is 589. The first-order valence-electron chi connectivity index (χ1n) is 10.4. The fourth-order valence-corrected chi connectivity index (χ4v) is 2.99. The van der Waals surface area contributed by atoms with E-state index in [1.165, 1.54) is 51.4 Å². The van der Waals surface area contributed by atoms with E-state index in [0.717, 1.165) is 23.8 Å². The molecule has 0 aliphatic rings. The Morgan fingerprint density at radius 3 is 2.10 bits per heavy atom. The molecule has 0 radical (unpaired) electrons. The topological polar surface area (TPSA) is 75.6 Å². The average molecular weight is 470 g/mol. The van der Waals surface area contributed by atoms with E-state index in [0.29, 0.717) is 6.61 Å². The Hall–Kier alpha value is -1.82. The molecule has 0 heterocycles. The number of ether oxygens (including phenoxy) is 1. The molecule has 0 aliphatic carbocycles. The third-order valence-electron chi connectivity index (χ3n) is 4.68. The molecule has 1 unspecified atom stereocenters. The summed E-state index contributed by atoms with van der Waals surface area (Å²) in [6, 6.07) is 6.39. The van der Waals surface area contributed by atoms with E-state index < -0.39 is 17.9 Å². The minimum Gasteiger partial charge on any atom is -0.494 e. The lowest BCUT2D eigenvalue weighted by atomic mass is 10.1. The fraction of sp³-hybridized carbons (Fsp3) is 0.565. The second kappa shape index (κ2) is 17.1. The monoisotopic (exact) mass is 469 g/mol. The molecule has 2 N–H and O–H groups in total. The van der Waals surface area contributed by atoms with Gasteiger partial charge in [-0.2, -0.15) is 0 Å². The number of nitrogens with one attached hydrogen (secondary N) is 1. The smallest absolute Gasteiger partial charge is 0.326 e. The van der Waals surface area contributed by atoms with Crippen LogP contribution in [0.4, 0.5) is 0 Å². The van der Waals surface area contributed by atoms with Crippen molar-refractivity contribution in [2.24, 2.45) is 0 Å². The molecule has 0 bridgehead atoms. The summed E-state index contributed by atoms with van der Waals surface area (Å²) in [7, 11) is 0. The zero-order chi connectivity index (χ0) is 20.6. The van der Waals surface area contributed by atoms with Crippen LogP contribution in [0.2, 0.25) is 0 Å². The average Bonchev–Trinajstić information content (AvgIpc) is 2.69. The molecule has 1 aromatic rings. The second-order valence-electron chi connectivity index (χ2n) is 7.13. The molecule has 1 rings (SSSR count). The molecule has 0 saturated heterocycles. The number of aliphatic carboxylic acids is 1. The van der Waals surface area contributed by atoms with Crippen LogP contribution < -0.4 is 10.1 Å². The first kappa shape index (κ1) is 27.2. The minimum absolute atomic E-state index is 0. The SMILES string of the molecule is Br.C=CC(=O)NC(Cc1ccc(OCCCCCCCCCCC)cc1)C(=O)O. The molecule has 29 heavy (non-hydrogen) atoms. The zero-order valence-corrected chi connectivity index (χ0v) is 19.2. The van der Waals surface area contributed by atoms with Gasteiger partial charge in [-0.25, -0.2) is 4.79 Å². The standard InChI is InChI=1S/C23H35NO4.BrH/c1-3-5-6-7-8-9-10-11-12-17-28-20-15-13-19(14-16-20)18-21(23(26)27)24-22(25)4-2;/h4,13-16,21H,2-3,5-12,17-18H2,1H3,(H,24,25)(H,26,27);1H. The first-order valence-corrected chi connectivity index (χ1v) is 10.4. The van der Waals surface area contributed by atoms with Gasteiger partial charge in [-0.1, -0.05) is 77.0 Å². The van der Waals surface area contributed by atoms with Crippen molar-refractivity contribution in [2.45, 2.75) is 77.2 Å². The predicted octanol–water partition coefficient (Wildman–Crippen LogP) is 5.47. The maximum absolute atomic E-state index is 11.3. The number of carboxylic acid groups (broad SMARTS) is 1. The molecule has 0 aliphatic heterocycles. The molecule has 0 aromatic heterocycles. The molecule has 164 valence electrons. The van der Waals surface area contributed by atoms with Crippen LogP contribution in [0.15, 0.2) is 36.9 Å². The van der Waals surface area contributed by atoms with Crippen molar-refractivity contribution in [3.63, 3.8) is 0 Å². The third kappa shape index (κ3) is 13.1. The van der Waals surface area contributed by atoms with E-state index >= 15 is 0 Å². The maximum Gasteiger partial charge on any atom is 0.326 e. The molecule has 5 nitrogen and oxygen atoms in total. The molecule has 1 aromatic carbocycles. The van der Waals surface area contributed by atoms with E-state index in [1.54, 1.807) is 0 Å². The maximum atomic E-state index is 11.3. The van der Waals surface area contributed by atoms with E-state index in [-0.39, 0.29) is 23.4 Å². The number of carbonyl (C=O) groups excluding carboxylic acids is 1. The van der Waals surface area contributed by atoms with E-state index in [9.17, 15) is 14.7 Å². The van der Waals surface area contributed by atoms with Crippen LogP contribution in [-0.2, 0) is 16.0 Å². The van der Waals surface area contributed by atoms with E-state index in [1.807, 2.05) is 24.3 Å². The summed E-state index contributed by atoms with van der Waals surface area (Å²) in [6.45, 7) is 6.27. The number of carbonyl (C=O) groups is 2. The van der Waals surface area contributed by atoms with Gasteiger partial charge < -0.3 is 15.2 Å². The predicted molar refractivity (Wildman–Crippen MR) is 123 cm³/mol. The van der Waals surface area contributed by atoms with Gasteiger partial charge in [0.05, 0.1) is 6.61 Å². The number of rotatable bonds is 16. The number of unbranched alkanes of at least 4 members (excludes halogenated alkanes) is 8. The molecule has 0 saturated carbocycles. The van der Waals surface area contributed by atoms with Crippen molar-refractivity contribution in [1.29, 1.82) is 0 Å². The number of hydrogen-bond donors (Lipinski definition) is 2. The van der Waals surface area contributed by atoms with Crippen molar-refractivity contribution >= 4 is 28.9 Å². The molecule has 1 amide bonds. The van der Waals surface area contributed by atoms with Crippen LogP contribution in [0.1, 0.15) is 70.3 Å². The van der Waals surface area contributed by atoms with Crippen molar-refractivity contribution in [3.05, 3.63) is 42.5 Å². The summed E-state index contributed by atoms with van der Waals surface area (Å²) in [6.07, 6.45) is 12.8. The van der Waals surface area contributed by atoms with Gasteiger partial charge in [0.15, 0.2) is 0 Å². The highest BCUT2D eigenvalue weighted by Crippen LogP contribution is 2.15. The Labute approximate surface area is 185 Å². The largest absolute Gasteiger partial charge is 0.494 e. The lowest BCUT2D eigenvalue weighted by Gasteiger charge is -2.14. The van der Waals surface area contributed by atoms with Crippen molar-refractivity contribution in [2.75, 3.05) is 6.61 Å². The van der Waals surface area contributed by atoms with Gasteiger partial charge in [-0.3, -0.25) is 4.79 Å². The van der Waals surface area contributed by atoms with Gasteiger partial charge in [0.2, 0.25) is 5.91 Å². The summed E-state index contributed by atoms with van der Waals surface area (Å²) >= 11 is 0. The van der Waals surface area contributed by atoms with Crippen molar-refractivity contribution in [1.82, 2.24) is 5.32 Å². The lowest BCUT2D eigenvalue weighted by Crippen LogP contribution is -2.41. The highest BCUT2D eigenvalue weighted by molar-refractivity contribution is 8.93. The Morgan fingerprint density at radius 2 is 1.59 bits per heavy atom. The van der Waals surface area contributed by atoms with Gasteiger partial charge in [0, 0.05) is 6.42 Å².